The zero-order valence-corrected chi connectivity index (χ0v) is 14.7. The molecule has 0 aliphatic heterocycles. The molecule has 0 aliphatic carbocycles. The molecule has 0 unspecified atom stereocenters. The number of aromatic nitrogens is 2. The molecule has 0 atom stereocenters. The van der Waals surface area contributed by atoms with Gasteiger partial charge in [-0.3, -0.25) is 4.99 Å². The molecule has 2 aromatic heterocycles. The van der Waals surface area contributed by atoms with Gasteiger partial charge in [0.25, 0.3) is 0 Å². The Morgan fingerprint density at radius 3 is 2.71 bits per heavy atom. The van der Waals surface area contributed by atoms with Crippen LogP contribution in [0, 0.1) is 0 Å². The molecule has 24 heavy (non-hydrogen) atoms. The fourth-order valence-electron chi connectivity index (χ4n) is 2.39. The maximum absolute atomic E-state index is 5.39. The van der Waals surface area contributed by atoms with Gasteiger partial charge in [0.15, 0.2) is 5.96 Å². The summed E-state index contributed by atoms with van der Waals surface area (Å²) in [6.07, 6.45) is 3.40. The van der Waals surface area contributed by atoms with Crippen molar-refractivity contribution in [2.75, 3.05) is 14.2 Å². The van der Waals surface area contributed by atoms with Crippen LogP contribution in [-0.4, -0.2) is 30.3 Å². The molecule has 2 rings (SSSR count). The Morgan fingerprint density at radius 2 is 2.04 bits per heavy atom. The molecule has 2 aromatic rings. The third-order valence-corrected chi connectivity index (χ3v) is 3.73. The van der Waals surface area contributed by atoms with E-state index < -0.39 is 0 Å². The first-order valence-electron chi connectivity index (χ1n) is 8.11. The second-order valence-corrected chi connectivity index (χ2v) is 5.22. The van der Waals surface area contributed by atoms with Crippen LogP contribution in [0.3, 0.4) is 0 Å². The molecule has 0 fully saturated rings. The van der Waals surface area contributed by atoms with E-state index in [1.165, 1.54) is 0 Å². The van der Waals surface area contributed by atoms with Crippen molar-refractivity contribution in [2.24, 2.45) is 4.99 Å². The van der Waals surface area contributed by atoms with Crippen LogP contribution < -0.4 is 15.4 Å². The van der Waals surface area contributed by atoms with E-state index in [0.717, 1.165) is 41.4 Å². The van der Waals surface area contributed by atoms with E-state index in [4.69, 9.17) is 9.26 Å². The van der Waals surface area contributed by atoms with Gasteiger partial charge < -0.3 is 19.9 Å². The van der Waals surface area contributed by atoms with E-state index in [-0.39, 0.29) is 0 Å². The lowest BCUT2D eigenvalue weighted by atomic mass is 10.1. The van der Waals surface area contributed by atoms with Crippen molar-refractivity contribution in [2.45, 2.75) is 39.8 Å². The molecule has 0 bridgehead atoms. The van der Waals surface area contributed by atoms with E-state index in [0.29, 0.717) is 19.0 Å². The zero-order valence-electron chi connectivity index (χ0n) is 14.7. The van der Waals surface area contributed by atoms with Crippen LogP contribution in [-0.2, 0) is 25.9 Å². The van der Waals surface area contributed by atoms with Crippen LogP contribution in [0.2, 0.25) is 0 Å². The number of ether oxygens (including phenoxy) is 1. The topological polar surface area (TPSA) is 84.6 Å². The van der Waals surface area contributed by atoms with Gasteiger partial charge in [0.1, 0.15) is 5.76 Å². The maximum atomic E-state index is 5.39. The Balaban J connectivity index is 1.94. The van der Waals surface area contributed by atoms with Gasteiger partial charge in [-0.15, -0.1) is 0 Å². The van der Waals surface area contributed by atoms with Gasteiger partial charge in [-0.25, -0.2) is 4.98 Å². The number of nitrogens with zero attached hydrogens (tertiary/aromatic N) is 3. The third-order valence-electron chi connectivity index (χ3n) is 3.73. The van der Waals surface area contributed by atoms with Gasteiger partial charge in [0.2, 0.25) is 5.88 Å². The Hall–Kier alpha value is -2.57. The number of nitrogens with one attached hydrogen (secondary N) is 2. The molecule has 0 saturated carbocycles. The minimum atomic E-state index is 0.599. The molecular weight excluding hydrogens is 306 g/mol. The number of aryl methyl sites for hydroxylation is 2. The number of hydrogen-bond acceptors (Lipinski definition) is 5. The molecule has 0 amide bonds. The molecule has 7 nitrogen and oxygen atoms in total. The first-order valence-corrected chi connectivity index (χ1v) is 8.11. The Bertz CT molecular complexity index is 660. The fourth-order valence-corrected chi connectivity index (χ4v) is 2.39. The number of rotatable bonds is 7. The minimum Gasteiger partial charge on any atom is -0.481 e. The highest BCUT2D eigenvalue weighted by atomic mass is 16.5. The monoisotopic (exact) mass is 331 g/mol. The molecule has 0 spiro atoms. The highest BCUT2D eigenvalue weighted by Crippen LogP contribution is 2.15. The van der Waals surface area contributed by atoms with E-state index in [9.17, 15) is 0 Å². The molecule has 7 heteroatoms. The van der Waals surface area contributed by atoms with E-state index in [1.807, 2.05) is 12.1 Å². The van der Waals surface area contributed by atoms with E-state index >= 15 is 0 Å². The molecule has 0 saturated heterocycles. The second kappa shape index (κ2) is 8.90. The van der Waals surface area contributed by atoms with Gasteiger partial charge in [-0.05, 0) is 18.1 Å². The van der Waals surface area contributed by atoms with Crippen LogP contribution >= 0.6 is 0 Å². The number of methoxy groups -OCH3 is 1. The standard InChI is InChI=1S/C17H25N5O2/c1-5-14-13(15(6-2)24-22-14)11-21-17(18-3)20-10-12-7-8-19-16(9-12)23-4/h7-9H,5-6,10-11H2,1-4H3,(H2,18,20,21). The number of aliphatic imine (C=N–C) groups is 1. The average Bonchev–Trinajstić information content (AvgIpc) is 3.04. The summed E-state index contributed by atoms with van der Waals surface area (Å²) in [5.74, 6) is 2.24. The summed E-state index contributed by atoms with van der Waals surface area (Å²) in [4.78, 5) is 8.35. The van der Waals surface area contributed by atoms with E-state index in [1.54, 1.807) is 20.4 Å². The summed E-state index contributed by atoms with van der Waals surface area (Å²) in [6.45, 7) is 5.40. The summed E-state index contributed by atoms with van der Waals surface area (Å²) in [7, 11) is 3.35. The highest BCUT2D eigenvalue weighted by molar-refractivity contribution is 5.79. The van der Waals surface area contributed by atoms with Crippen molar-refractivity contribution in [1.82, 2.24) is 20.8 Å². The third kappa shape index (κ3) is 4.47. The summed E-state index contributed by atoms with van der Waals surface area (Å²) in [5, 5.41) is 10.7. The maximum Gasteiger partial charge on any atom is 0.213 e. The quantitative estimate of drug-likeness (QED) is 0.597. The van der Waals surface area contributed by atoms with Crippen molar-refractivity contribution >= 4 is 5.96 Å². The molecule has 0 aromatic carbocycles. The molecule has 2 N–H and O–H groups in total. The lowest BCUT2D eigenvalue weighted by molar-refractivity contribution is 0.380. The lowest BCUT2D eigenvalue weighted by Gasteiger charge is -2.12. The smallest absolute Gasteiger partial charge is 0.213 e. The average molecular weight is 331 g/mol. The van der Waals surface area contributed by atoms with Gasteiger partial charge in [0.05, 0.1) is 12.8 Å². The fraction of sp³-hybridized carbons (Fsp3) is 0.471. The first-order chi connectivity index (χ1) is 11.7. The van der Waals surface area contributed by atoms with Crippen LogP contribution in [0.1, 0.15) is 36.4 Å². The van der Waals surface area contributed by atoms with Crippen molar-refractivity contribution in [3.05, 3.63) is 40.9 Å². The molecule has 0 radical (unpaired) electrons. The Labute approximate surface area is 142 Å². The van der Waals surface area contributed by atoms with Gasteiger partial charge in [-0.2, -0.15) is 0 Å². The van der Waals surface area contributed by atoms with Crippen LogP contribution in [0.4, 0.5) is 0 Å². The normalized spacial score (nSPS) is 11.4. The predicted molar refractivity (Wildman–Crippen MR) is 93.1 cm³/mol. The van der Waals surface area contributed by atoms with Crippen LogP contribution in [0.25, 0.3) is 0 Å². The Morgan fingerprint density at radius 1 is 1.25 bits per heavy atom. The van der Waals surface area contributed by atoms with Crippen molar-refractivity contribution in [3.8, 4) is 5.88 Å². The van der Waals surface area contributed by atoms with Gasteiger partial charge >= 0.3 is 0 Å². The first kappa shape index (κ1) is 17.8. The largest absolute Gasteiger partial charge is 0.481 e. The van der Waals surface area contributed by atoms with Crippen molar-refractivity contribution < 1.29 is 9.26 Å². The summed E-state index contributed by atoms with van der Waals surface area (Å²) in [6, 6.07) is 3.83. The molecular formula is C17H25N5O2. The van der Waals surface area contributed by atoms with Crippen molar-refractivity contribution in [1.29, 1.82) is 0 Å². The second-order valence-electron chi connectivity index (χ2n) is 5.22. The number of guanidine groups is 1. The predicted octanol–water partition coefficient (Wildman–Crippen LogP) is 2.07. The SMILES string of the molecule is CCc1noc(CC)c1CNC(=NC)NCc1ccnc(OC)c1. The minimum absolute atomic E-state index is 0.599. The van der Waals surface area contributed by atoms with Crippen LogP contribution in [0.15, 0.2) is 27.8 Å². The molecule has 0 aliphatic rings. The van der Waals surface area contributed by atoms with Gasteiger partial charge in [0, 0.05) is 44.4 Å². The van der Waals surface area contributed by atoms with E-state index in [2.05, 4.69) is 39.6 Å². The summed E-state index contributed by atoms with van der Waals surface area (Å²) < 4.78 is 10.5. The van der Waals surface area contributed by atoms with Crippen LogP contribution in [0.5, 0.6) is 5.88 Å². The molecule has 2 heterocycles. The molecule has 130 valence electrons. The van der Waals surface area contributed by atoms with Gasteiger partial charge in [-0.1, -0.05) is 19.0 Å². The summed E-state index contributed by atoms with van der Waals surface area (Å²) in [5.41, 5.74) is 3.18. The highest BCUT2D eigenvalue weighted by Gasteiger charge is 2.13. The summed E-state index contributed by atoms with van der Waals surface area (Å²) >= 11 is 0. The Kier molecular flexibility index (Phi) is 6.60. The lowest BCUT2D eigenvalue weighted by Crippen LogP contribution is -2.36. The number of hydrogen-bond donors (Lipinski definition) is 2. The van der Waals surface area contributed by atoms with Crippen molar-refractivity contribution in [3.63, 3.8) is 0 Å². The number of pyridine rings is 1. The zero-order chi connectivity index (χ0) is 17.4.